The fourth-order valence-electron chi connectivity index (χ4n) is 4.06. The Morgan fingerprint density at radius 3 is 2.71 bits per heavy atom. The van der Waals surface area contributed by atoms with E-state index in [0.717, 1.165) is 49.4 Å². The molecule has 0 atom stereocenters. The van der Waals surface area contributed by atoms with Crippen LogP contribution in [0.15, 0.2) is 35.5 Å². The number of pyridine rings is 1. The van der Waals surface area contributed by atoms with Crippen LogP contribution in [0.3, 0.4) is 0 Å². The van der Waals surface area contributed by atoms with Gasteiger partial charge in [0, 0.05) is 23.4 Å². The van der Waals surface area contributed by atoms with Crippen molar-refractivity contribution in [3.63, 3.8) is 0 Å². The zero-order valence-corrected chi connectivity index (χ0v) is 17.6. The predicted octanol–water partition coefficient (Wildman–Crippen LogP) is 4.68. The molecule has 1 fully saturated rings. The van der Waals surface area contributed by atoms with Gasteiger partial charge in [-0.25, -0.2) is 4.98 Å². The summed E-state index contributed by atoms with van der Waals surface area (Å²) >= 11 is 12.5. The number of likely N-dealkylation sites (tertiary alicyclic amines) is 1. The molecule has 3 heterocycles. The average Bonchev–Trinajstić information content (AvgIpc) is 2.70. The van der Waals surface area contributed by atoms with E-state index < -0.39 is 0 Å². The molecule has 7 heteroatoms. The van der Waals surface area contributed by atoms with Gasteiger partial charge in [0.15, 0.2) is 0 Å². The smallest absolute Gasteiger partial charge is 0.213 e. The molecule has 0 unspecified atom stereocenters. The molecule has 1 spiro atoms. The first-order chi connectivity index (χ1) is 13.5. The number of rotatable bonds is 3. The predicted molar refractivity (Wildman–Crippen MR) is 115 cm³/mol. The molecule has 5 nitrogen and oxygen atoms in total. The molecule has 28 heavy (non-hydrogen) atoms. The topological polar surface area (TPSA) is 49.8 Å². The number of piperidine rings is 1. The fraction of sp³-hybridized carbons (Fsp3) is 0.429. The van der Waals surface area contributed by atoms with Crippen LogP contribution in [-0.4, -0.2) is 43.0 Å². The molecule has 1 saturated heterocycles. The Balaban J connectivity index is 1.68. The zero-order chi connectivity index (χ0) is 19.7. The summed E-state index contributed by atoms with van der Waals surface area (Å²) in [6, 6.07) is 7.81. The van der Waals surface area contributed by atoms with E-state index in [2.05, 4.69) is 22.2 Å². The molecule has 148 valence electrons. The molecular formula is C21H24Cl2N4O. The molecule has 0 amide bonds. The maximum atomic E-state index is 6.29. The van der Waals surface area contributed by atoms with Crippen molar-refractivity contribution in [2.75, 3.05) is 32.6 Å². The third kappa shape index (κ3) is 3.84. The Morgan fingerprint density at radius 1 is 1.21 bits per heavy atom. The minimum absolute atomic E-state index is 0.00772. The average molecular weight is 419 g/mol. The van der Waals surface area contributed by atoms with E-state index in [4.69, 9.17) is 32.9 Å². The lowest BCUT2D eigenvalue weighted by atomic mass is 9.70. The molecule has 2 aliphatic heterocycles. The zero-order valence-electron chi connectivity index (χ0n) is 16.1. The second kappa shape index (κ2) is 7.90. The van der Waals surface area contributed by atoms with E-state index in [0.29, 0.717) is 22.5 Å². The maximum Gasteiger partial charge on any atom is 0.213 e. The molecule has 0 radical (unpaired) electrons. The molecule has 0 saturated carbocycles. The Bertz CT molecular complexity index is 907. The Labute approximate surface area is 175 Å². The van der Waals surface area contributed by atoms with Gasteiger partial charge in [-0.3, -0.25) is 4.99 Å². The molecule has 0 aliphatic carbocycles. The van der Waals surface area contributed by atoms with Crippen molar-refractivity contribution >= 4 is 34.7 Å². The third-order valence-corrected chi connectivity index (χ3v) is 6.52. The number of benzene rings is 1. The van der Waals surface area contributed by atoms with Gasteiger partial charge in [-0.15, -0.1) is 0 Å². The molecule has 1 aromatic heterocycles. The number of fused-ring (bicyclic) bond motifs is 1. The number of halogens is 2. The van der Waals surface area contributed by atoms with Crippen LogP contribution in [0.1, 0.15) is 24.0 Å². The first-order valence-electron chi connectivity index (χ1n) is 9.46. The lowest BCUT2D eigenvalue weighted by Crippen LogP contribution is -2.49. The molecule has 2 aromatic rings. The first kappa shape index (κ1) is 19.5. The minimum atomic E-state index is 0.00772. The summed E-state index contributed by atoms with van der Waals surface area (Å²) < 4.78 is 5.23. The van der Waals surface area contributed by atoms with Crippen LogP contribution in [0.5, 0.6) is 5.88 Å². The van der Waals surface area contributed by atoms with Crippen LogP contribution in [0.4, 0.5) is 5.69 Å². The summed E-state index contributed by atoms with van der Waals surface area (Å²) in [5.41, 5.74) is 3.30. The normalized spacial score (nSPS) is 20.1. The SMILES string of the molecule is COc1cc(CN=C2Nc3cc(Cl)c(Cl)cc3CC23CCN(C)CC3)ccn1. The van der Waals surface area contributed by atoms with E-state index in [1.54, 1.807) is 13.3 Å². The van der Waals surface area contributed by atoms with Crippen LogP contribution in [0.2, 0.25) is 10.0 Å². The van der Waals surface area contributed by atoms with Gasteiger partial charge in [-0.2, -0.15) is 0 Å². The van der Waals surface area contributed by atoms with Gasteiger partial charge >= 0.3 is 0 Å². The number of methoxy groups -OCH3 is 1. The lowest BCUT2D eigenvalue weighted by molar-refractivity contribution is 0.178. The highest BCUT2D eigenvalue weighted by Crippen LogP contribution is 2.44. The van der Waals surface area contributed by atoms with Crippen molar-refractivity contribution < 1.29 is 4.74 Å². The highest BCUT2D eigenvalue weighted by atomic mass is 35.5. The minimum Gasteiger partial charge on any atom is -0.481 e. The van der Waals surface area contributed by atoms with Crippen LogP contribution in [0, 0.1) is 5.41 Å². The van der Waals surface area contributed by atoms with E-state index in [1.165, 1.54) is 5.56 Å². The lowest BCUT2D eigenvalue weighted by Gasteiger charge is -2.45. The van der Waals surface area contributed by atoms with Crippen LogP contribution >= 0.6 is 23.2 Å². The van der Waals surface area contributed by atoms with Gasteiger partial charge in [0.2, 0.25) is 5.88 Å². The van der Waals surface area contributed by atoms with Gasteiger partial charge in [0.05, 0.1) is 23.7 Å². The number of ether oxygens (including phenoxy) is 1. The summed E-state index contributed by atoms with van der Waals surface area (Å²) in [5, 5.41) is 4.75. The van der Waals surface area contributed by atoms with Gasteiger partial charge in [0.25, 0.3) is 0 Å². The molecule has 0 bridgehead atoms. The number of nitrogens with one attached hydrogen (secondary N) is 1. The number of aliphatic imine (C=N–C) groups is 1. The van der Waals surface area contributed by atoms with Gasteiger partial charge in [-0.05, 0) is 68.7 Å². The number of hydrogen-bond donors (Lipinski definition) is 1. The second-order valence-corrected chi connectivity index (χ2v) is 8.49. The highest BCUT2D eigenvalue weighted by Gasteiger charge is 2.42. The van der Waals surface area contributed by atoms with Crippen LogP contribution < -0.4 is 10.1 Å². The fourth-order valence-corrected chi connectivity index (χ4v) is 4.41. The van der Waals surface area contributed by atoms with E-state index >= 15 is 0 Å². The Hall–Kier alpha value is -1.82. The number of hydrogen-bond acceptors (Lipinski definition) is 4. The first-order valence-corrected chi connectivity index (χ1v) is 10.2. The summed E-state index contributed by atoms with van der Waals surface area (Å²) in [6.07, 6.45) is 4.81. The largest absolute Gasteiger partial charge is 0.481 e. The van der Waals surface area contributed by atoms with Crippen molar-refractivity contribution in [1.82, 2.24) is 9.88 Å². The summed E-state index contributed by atoms with van der Waals surface area (Å²) in [6.45, 7) is 2.69. The molecule has 1 aromatic carbocycles. The van der Waals surface area contributed by atoms with Crippen molar-refractivity contribution in [1.29, 1.82) is 0 Å². The Morgan fingerprint density at radius 2 is 1.96 bits per heavy atom. The van der Waals surface area contributed by atoms with E-state index in [9.17, 15) is 0 Å². The van der Waals surface area contributed by atoms with Crippen LogP contribution in [-0.2, 0) is 13.0 Å². The van der Waals surface area contributed by atoms with Gasteiger partial charge in [-0.1, -0.05) is 23.2 Å². The number of nitrogens with zero attached hydrogens (tertiary/aromatic N) is 3. The second-order valence-electron chi connectivity index (χ2n) is 7.68. The molecule has 1 N–H and O–H groups in total. The third-order valence-electron chi connectivity index (χ3n) is 5.80. The maximum absolute atomic E-state index is 6.29. The summed E-state index contributed by atoms with van der Waals surface area (Å²) in [5.74, 6) is 1.65. The van der Waals surface area contributed by atoms with E-state index in [1.807, 2.05) is 24.3 Å². The standard InChI is InChI=1S/C21H24Cl2N4O/c1-27-7-4-21(5-8-27)12-15-10-16(22)17(23)11-18(15)26-20(21)25-13-14-3-6-24-19(9-14)28-2/h3,6,9-11H,4-5,7-8,12-13H2,1-2H3,(H,25,26). The van der Waals surface area contributed by atoms with Crippen molar-refractivity contribution in [2.45, 2.75) is 25.8 Å². The van der Waals surface area contributed by atoms with Crippen molar-refractivity contribution in [3.05, 3.63) is 51.6 Å². The summed E-state index contributed by atoms with van der Waals surface area (Å²) in [7, 11) is 3.80. The monoisotopic (exact) mass is 418 g/mol. The number of anilines is 1. The van der Waals surface area contributed by atoms with Gasteiger partial charge in [0.1, 0.15) is 5.84 Å². The quantitative estimate of drug-likeness (QED) is 0.785. The number of amidine groups is 1. The molecule has 4 rings (SSSR count). The summed E-state index contributed by atoms with van der Waals surface area (Å²) in [4.78, 5) is 11.6. The van der Waals surface area contributed by atoms with E-state index in [-0.39, 0.29) is 5.41 Å². The Kier molecular flexibility index (Phi) is 5.50. The highest BCUT2D eigenvalue weighted by molar-refractivity contribution is 6.42. The van der Waals surface area contributed by atoms with Crippen molar-refractivity contribution in [3.8, 4) is 5.88 Å². The van der Waals surface area contributed by atoms with Crippen LogP contribution in [0.25, 0.3) is 0 Å². The van der Waals surface area contributed by atoms with Gasteiger partial charge < -0.3 is 15.0 Å². The molecule has 2 aliphatic rings. The molecular weight excluding hydrogens is 395 g/mol. The number of aromatic nitrogens is 1. The van der Waals surface area contributed by atoms with Crippen molar-refractivity contribution in [2.24, 2.45) is 10.4 Å².